The molecule has 2 aromatic carbocycles. The predicted molar refractivity (Wildman–Crippen MR) is 89.5 cm³/mol. The fourth-order valence-electron chi connectivity index (χ4n) is 1.87. The molecule has 23 heavy (non-hydrogen) atoms. The van der Waals surface area contributed by atoms with Gasteiger partial charge in [0.15, 0.2) is 6.61 Å². The van der Waals surface area contributed by atoms with Crippen molar-refractivity contribution in [1.29, 1.82) is 0 Å². The number of halogens is 2. The molecule has 122 valence electrons. The SMILES string of the molecule is O=C(COc1ccc(F)c(Cl)c1)NCCCNc1ccccc1. The van der Waals surface area contributed by atoms with Crippen LogP contribution in [0, 0.1) is 5.82 Å². The van der Waals surface area contributed by atoms with Gasteiger partial charge in [0.1, 0.15) is 11.6 Å². The molecule has 0 bridgehead atoms. The minimum atomic E-state index is -0.519. The first-order valence-electron chi connectivity index (χ1n) is 7.28. The number of amides is 1. The second-order valence-electron chi connectivity index (χ2n) is 4.86. The molecular formula is C17H18ClFN2O2. The van der Waals surface area contributed by atoms with E-state index in [1.54, 1.807) is 0 Å². The molecule has 0 saturated heterocycles. The van der Waals surface area contributed by atoms with Crippen LogP contribution in [0.5, 0.6) is 5.75 Å². The van der Waals surface area contributed by atoms with Crippen molar-refractivity contribution in [3.05, 3.63) is 59.4 Å². The molecule has 0 unspecified atom stereocenters. The maximum absolute atomic E-state index is 13.0. The number of para-hydroxylation sites is 1. The van der Waals surface area contributed by atoms with Crippen molar-refractivity contribution in [1.82, 2.24) is 5.32 Å². The summed E-state index contributed by atoms with van der Waals surface area (Å²) < 4.78 is 18.2. The predicted octanol–water partition coefficient (Wildman–Crippen LogP) is 3.48. The highest BCUT2D eigenvalue weighted by Gasteiger charge is 2.05. The van der Waals surface area contributed by atoms with E-state index in [1.165, 1.54) is 18.2 Å². The summed E-state index contributed by atoms with van der Waals surface area (Å²) in [6.07, 6.45) is 0.795. The van der Waals surface area contributed by atoms with E-state index in [2.05, 4.69) is 10.6 Å². The summed E-state index contributed by atoms with van der Waals surface area (Å²) in [4.78, 5) is 11.6. The number of rotatable bonds is 8. The van der Waals surface area contributed by atoms with Gasteiger partial charge in [-0.3, -0.25) is 4.79 Å². The summed E-state index contributed by atoms with van der Waals surface area (Å²) in [6.45, 7) is 1.18. The Labute approximate surface area is 139 Å². The Hall–Kier alpha value is -2.27. The van der Waals surface area contributed by atoms with E-state index in [9.17, 15) is 9.18 Å². The molecule has 2 aromatic rings. The minimum Gasteiger partial charge on any atom is -0.484 e. The molecule has 2 rings (SSSR count). The van der Waals surface area contributed by atoms with Gasteiger partial charge in [0, 0.05) is 24.8 Å². The van der Waals surface area contributed by atoms with Crippen LogP contribution in [-0.4, -0.2) is 25.6 Å². The molecular weight excluding hydrogens is 319 g/mol. The van der Waals surface area contributed by atoms with Crippen LogP contribution < -0.4 is 15.4 Å². The molecule has 6 heteroatoms. The van der Waals surface area contributed by atoms with E-state index >= 15 is 0 Å². The van der Waals surface area contributed by atoms with E-state index < -0.39 is 5.82 Å². The van der Waals surface area contributed by atoms with Gasteiger partial charge >= 0.3 is 0 Å². The van der Waals surface area contributed by atoms with Gasteiger partial charge in [0.25, 0.3) is 5.91 Å². The number of hydrogen-bond acceptors (Lipinski definition) is 3. The first kappa shape index (κ1) is 17.1. The van der Waals surface area contributed by atoms with Crippen LogP contribution >= 0.6 is 11.6 Å². The first-order chi connectivity index (χ1) is 11.1. The number of carbonyl (C=O) groups excluding carboxylic acids is 1. The Bertz CT molecular complexity index is 638. The normalized spacial score (nSPS) is 10.2. The molecule has 0 saturated carbocycles. The van der Waals surface area contributed by atoms with Gasteiger partial charge in [-0.15, -0.1) is 0 Å². The van der Waals surface area contributed by atoms with Crippen LogP contribution in [-0.2, 0) is 4.79 Å². The average molecular weight is 337 g/mol. The summed E-state index contributed by atoms with van der Waals surface area (Å²) in [7, 11) is 0. The molecule has 0 aliphatic carbocycles. The summed E-state index contributed by atoms with van der Waals surface area (Å²) in [6, 6.07) is 13.8. The van der Waals surface area contributed by atoms with E-state index in [0.29, 0.717) is 12.3 Å². The lowest BCUT2D eigenvalue weighted by Crippen LogP contribution is -2.30. The standard InChI is InChI=1S/C17H18ClFN2O2/c18-15-11-14(7-8-16(15)19)23-12-17(22)21-10-4-9-20-13-5-2-1-3-6-13/h1-3,5-8,11,20H,4,9-10,12H2,(H,21,22). The highest BCUT2D eigenvalue weighted by atomic mass is 35.5. The van der Waals surface area contributed by atoms with Crippen LogP contribution in [0.3, 0.4) is 0 Å². The molecule has 0 aromatic heterocycles. The molecule has 0 fully saturated rings. The highest BCUT2D eigenvalue weighted by molar-refractivity contribution is 6.30. The van der Waals surface area contributed by atoms with Crippen LogP contribution in [0.4, 0.5) is 10.1 Å². The maximum atomic E-state index is 13.0. The van der Waals surface area contributed by atoms with Crippen molar-refractivity contribution < 1.29 is 13.9 Å². The minimum absolute atomic E-state index is 0.0325. The van der Waals surface area contributed by atoms with E-state index in [1.807, 2.05) is 30.3 Å². The Morgan fingerprint density at radius 2 is 1.91 bits per heavy atom. The van der Waals surface area contributed by atoms with Gasteiger partial charge < -0.3 is 15.4 Å². The average Bonchev–Trinajstić information content (AvgIpc) is 2.56. The van der Waals surface area contributed by atoms with E-state index in [-0.39, 0.29) is 17.5 Å². The molecule has 4 nitrogen and oxygen atoms in total. The number of nitrogens with one attached hydrogen (secondary N) is 2. The van der Waals surface area contributed by atoms with Crippen molar-refractivity contribution in [2.24, 2.45) is 0 Å². The zero-order chi connectivity index (χ0) is 16.5. The van der Waals surface area contributed by atoms with Gasteiger partial charge in [-0.1, -0.05) is 29.8 Å². The lowest BCUT2D eigenvalue weighted by atomic mass is 10.3. The van der Waals surface area contributed by atoms with Crippen molar-refractivity contribution >= 4 is 23.2 Å². The molecule has 0 aliphatic rings. The zero-order valence-corrected chi connectivity index (χ0v) is 13.3. The topological polar surface area (TPSA) is 50.4 Å². The quantitative estimate of drug-likeness (QED) is 0.726. The largest absolute Gasteiger partial charge is 0.484 e. The zero-order valence-electron chi connectivity index (χ0n) is 12.5. The third-order valence-electron chi connectivity index (χ3n) is 3.04. The third kappa shape index (κ3) is 6.16. The van der Waals surface area contributed by atoms with E-state index in [4.69, 9.17) is 16.3 Å². The Balaban J connectivity index is 1.59. The molecule has 0 heterocycles. The second kappa shape index (κ2) is 9.00. The summed E-state index contributed by atoms with van der Waals surface area (Å²) in [5, 5.41) is 5.98. The number of anilines is 1. The first-order valence-corrected chi connectivity index (χ1v) is 7.66. The molecule has 1 amide bonds. The molecule has 0 atom stereocenters. The molecule has 0 aliphatic heterocycles. The number of ether oxygens (including phenoxy) is 1. The summed E-state index contributed by atoms with van der Waals surface area (Å²) in [5.74, 6) is -0.392. The fraction of sp³-hybridized carbons (Fsp3) is 0.235. The summed E-state index contributed by atoms with van der Waals surface area (Å²) >= 11 is 5.64. The lowest BCUT2D eigenvalue weighted by molar-refractivity contribution is -0.123. The number of hydrogen-bond donors (Lipinski definition) is 2. The Kier molecular flexibility index (Phi) is 6.69. The molecule has 0 radical (unpaired) electrons. The van der Waals surface area contributed by atoms with Crippen molar-refractivity contribution in [2.45, 2.75) is 6.42 Å². The van der Waals surface area contributed by atoms with Gasteiger partial charge in [-0.25, -0.2) is 4.39 Å². The second-order valence-corrected chi connectivity index (χ2v) is 5.27. The third-order valence-corrected chi connectivity index (χ3v) is 3.33. The number of benzene rings is 2. The Morgan fingerprint density at radius 1 is 1.13 bits per heavy atom. The highest BCUT2D eigenvalue weighted by Crippen LogP contribution is 2.20. The molecule has 0 spiro atoms. The smallest absolute Gasteiger partial charge is 0.257 e. The van der Waals surface area contributed by atoms with Crippen molar-refractivity contribution in [3.8, 4) is 5.75 Å². The van der Waals surface area contributed by atoms with Crippen LogP contribution in [0.25, 0.3) is 0 Å². The van der Waals surface area contributed by atoms with Crippen molar-refractivity contribution in [3.63, 3.8) is 0 Å². The lowest BCUT2D eigenvalue weighted by Gasteiger charge is -2.09. The van der Waals surface area contributed by atoms with E-state index in [0.717, 1.165) is 18.7 Å². The van der Waals surface area contributed by atoms with Crippen LogP contribution in [0.2, 0.25) is 5.02 Å². The van der Waals surface area contributed by atoms with Crippen molar-refractivity contribution in [2.75, 3.05) is 25.0 Å². The number of carbonyl (C=O) groups is 1. The van der Waals surface area contributed by atoms with Crippen LogP contribution in [0.15, 0.2) is 48.5 Å². The fourth-order valence-corrected chi connectivity index (χ4v) is 2.04. The monoisotopic (exact) mass is 336 g/mol. The van der Waals surface area contributed by atoms with Gasteiger partial charge in [0.05, 0.1) is 5.02 Å². The van der Waals surface area contributed by atoms with Gasteiger partial charge in [-0.05, 0) is 30.7 Å². The summed E-state index contributed by atoms with van der Waals surface area (Å²) in [5.41, 5.74) is 1.05. The Morgan fingerprint density at radius 3 is 2.65 bits per heavy atom. The molecule has 2 N–H and O–H groups in total. The van der Waals surface area contributed by atoms with Crippen LogP contribution in [0.1, 0.15) is 6.42 Å². The van der Waals surface area contributed by atoms with Gasteiger partial charge in [-0.2, -0.15) is 0 Å². The maximum Gasteiger partial charge on any atom is 0.257 e. The van der Waals surface area contributed by atoms with Gasteiger partial charge in [0.2, 0.25) is 0 Å².